The third-order valence-corrected chi connectivity index (χ3v) is 3.64. The topological polar surface area (TPSA) is 17.1 Å². The van der Waals surface area contributed by atoms with Crippen LogP contribution < -0.4 is 0 Å². The van der Waals surface area contributed by atoms with Gasteiger partial charge in [-0.3, -0.25) is 4.79 Å². The molecular formula is C13H10ClFOS. The minimum absolute atomic E-state index is 0.157. The molecule has 0 amide bonds. The van der Waals surface area contributed by atoms with Crippen molar-refractivity contribution in [3.63, 3.8) is 0 Å². The molecule has 1 aromatic heterocycles. The normalized spacial score (nSPS) is 12.4. The van der Waals surface area contributed by atoms with Crippen molar-refractivity contribution in [2.75, 3.05) is 0 Å². The number of halogens is 2. The van der Waals surface area contributed by atoms with Crippen LogP contribution in [0.1, 0.15) is 22.8 Å². The molecule has 0 N–H and O–H groups in total. The van der Waals surface area contributed by atoms with Crippen LogP contribution in [0.15, 0.2) is 41.8 Å². The summed E-state index contributed by atoms with van der Waals surface area (Å²) in [6.07, 6.45) is 0.186. The van der Waals surface area contributed by atoms with Gasteiger partial charge in [-0.1, -0.05) is 18.2 Å². The lowest BCUT2D eigenvalue weighted by molar-refractivity contribution is -0.111. The van der Waals surface area contributed by atoms with Crippen LogP contribution in [0.3, 0.4) is 0 Å². The quantitative estimate of drug-likeness (QED) is 0.761. The number of carbonyl (C=O) groups excluding carboxylic acids is 1. The van der Waals surface area contributed by atoms with Crippen LogP contribution in [0.25, 0.3) is 0 Å². The van der Waals surface area contributed by atoms with E-state index in [0.29, 0.717) is 0 Å². The molecular weight excluding hydrogens is 259 g/mol. The third-order valence-electron chi connectivity index (χ3n) is 2.50. The molecule has 1 heterocycles. The molecule has 0 bridgehead atoms. The van der Waals surface area contributed by atoms with Gasteiger partial charge in [0.05, 0.1) is 0 Å². The Kier molecular flexibility index (Phi) is 3.92. The smallest absolute Gasteiger partial charge is 0.222 e. The first-order valence-electron chi connectivity index (χ1n) is 5.14. The molecule has 0 aliphatic carbocycles. The van der Waals surface area contributed by atoms with Gasteiger partial charge in [0.2, 0.25) is 5.24 Å². The van der Waals surface area contributed by atoms with Gasteiger partial charge in [0.25, 0.3) is 0 Å². The Hall–Kier alpha value is -1.19. The zero-order valence-electron chi connectivity index (χ0n) is 8.90. The van der Waals surface area contributed by atoms with Crippen molar-refractivity contribution >= 4 is 28.2 Å². The monoisotopic (exact) mass is 268 g/mol. The maximum Gasteiger partial charge on any atom is 0.222 e. The summed E-state index contributed by atoms with van der Waals surface area (Å²) in [6, 6.07) is 10.1. The summed E-state index contributed by atoms with van der Waals surface area (Å²) in [5.41, 5.74) is 0.779. The van der Waals surface area contributed by atoms with Crippen molar-refractivity contribution in [2.24, 2.45) is 0 Å². The number of hydrogen-bond acceptors (Lipinski definition) is 2. The molecule has 0 aliphatic heterocycles. The summed E-state index contributed by atoms with van der Waals surface area (Å²) in [5, 5.41) is 1.52. The van der Waals surface area contributed by atoms with Crippen LogP contribution in [0.2, 0.25) is 0 Å². The van der Waals surface area contributed by atoms with Gasteiger partial charge in [-0.25, -0.2) is 4.39 Å². The van der Waals surface area contributed by atoms with E-state index in [1.807, 2.05) is 23.6 Å². The van der Waals surface area contributed by atoms with Crippen LogP contribution >= 0.6 is 22.9 Å². The number of carbonyl (C=O) groups is 1. The Balaban J connectivity index is 2.36. The van der Waals surface area contributed by atoms with E-state index in [1.54, 1.807) is 17.4 Å². The maximum absolute atomic E-state index is 13.2. The lowest BCUT2D eigenvalue weighted by Gasteiger charge is -2.13. The van der Waals surface area contributed by atoms with E-state index in [2.05, 4.69) is 0 Å². The van der Waals surface area contributed by atoms with Crippen molar-refractivity contribution < 1.29 is 9.18 Å². The molecule has 2 aromatic rings. The van der Waals surface area contributed by atoms with Gasteiger partial charge >= 0.3 is 0 Å². The average molecular weight is 269 g/mol. The molecule has 2 rings (SSSR count). The number of thiophene rings is 1. The van der Waals surface area contributed by atoms with Gasteiger partial charge in [-0.2, -0.15) is 0 Å². The van der Waals surface area contributed by atoms with Crippen LogP contribution in [-0.2, 0) is 4.79 Å². The average Bonchev–Trinajstić information content (AvgIpc) is 2.79. The van der Waals surface area contributed by atoms with Crippen molar-refractivity contribution in [2.45, 2.75) is 12.3 Å². The molecule has 0 fully saturated rings. The lowest BCUT2D eigenvalue weighted by Crippen LogP contribution is -2.03. The Labute approximate surface area is 108 Å². The number of benzene rings is 1. The fourth-order valence-corrected chi connectivity index (χ4v) is 2.77. The van der Waals surface area contributed by atoms with E-state index in [0.717, 1.165) is 10.4 Å². The van der Waals surface area contributed by atoms with Gasteiger partial charge in [0.15, 0.2) is 0 Å². The van der Waals surface area contributed by atoms with E-state index in [-0.39, 0.29) is 18.2 Å². The molecule has 0 radical (unpaired) electrons. The summed E-state index contributed by atoms with van der Waals surface area (Å²) in [6.45, 7) is 0. The third kappa shape index (κ3) is 3.14. The molecule has 0 saturated heterocycles. The second kappa shape index (κ2) is 5.43. The highest BCUT2D eigenvalue weighted by Crippen LogP contribution is 2.32. The maximum atomic E-state index is 13.2. The summed E-state index contributed by atoms with van der Waals surface area (Å²) in [4.78, 5) is 12.1. The summed E-state index contributed by atoms with van der Waals surface area (Å²) >= 11 is 6.99. The summed E-state index contributed by atoms with van der Waals surface area (Å²) in [7, 11) is 0. The molecule has 1 nitrogen and oxygen atoms in total. The van der Waals surface area contributed by atoms with Gasteiger partial charge in [0.1, 0.15) is 5.82 Å². The zero-order chi connectivity index (χ0) is 12.3. The van der Waals surface area contributed by atoms with Gasteiger partial charge < -0.3 is 0 Å². The summed E-state index contributed by atoms with van der Waals surface area (Å²) < 4.78 is 13.2. The molecule has 17 heavy (non-hydrogen) atoms. The molecule has 0 saturated carbocycles. The highest BCUT2D eigenvalue weighted by Gasteiger charge is 2.18. The fraction of sp³-hybridized carbons (Fsp3) is 0.154. The molecule has 1 unspecified atom stereocenters. The van der Waals surface area contributed by atoms with Crippen molar-refractivity contribution in [1.29, 1.82) is 0 Å². The number of hydrogen-bond donors (Lipinski definition) is 0. The molecule has 0 spiro atoms. The van der Waals surface area contributed by atoms with Crippen LogP contribution in [-0.4, -0.2) is 5.24 Å². The molecule has 0 aliphatic rings. The first-order valence-corrected chi connectivity index (χ1v) is 6.40. The van der Waals surface area contributed by atoms with E-state index < -0.39 is 5.24 Å². The second-order valence-corrected chi connectivity index (χ2v) is 5.08. The minimum Gasteiger partial charge on any atom is -0.281 e. The van der Waals surface area contributed by atoms with Crippen LogP contribution in [0.5, 0.6) is 0 Å². The van der Waals surface area contributed by atoms with E-state index >= 15 is 0 Å². The molecule has 1 atom stereocenters. The van der Waals surface area contributed by atoms with Gasteiger partial charge in [-0.05, 0) is 40.7 Å². The van der Waals surface area contributed by atoms with Crippen molar-refractivity contribution in [1.82, 2.24) is 0 Å². The zero-order valence-corrected chi connectivity index (χ0v) is 10.5. The number of rotatable bonds is 4. The second-order valence-electron chi connectivity index (χ2n) is 3.68. The Morgan fingerprint density at radius 1 is 1.35 bits per heavy atom. The minimum atomic E-state index is -0.410. The first kappa shape index (κ1) is 12.3. The van der Waals surface area contributed by atoms with Crippen molar-refractivity contribution in [3.05, 3.63) is 58.0 Å². The van der Waals surface area contributed by atoms with E-state index in [4.69, 9.17) is 11.6 Å². The first-order chi connectivity index (χ1) is 8.16. The lowest BCUT2D eigenvalue weighted by atomic mass is 9.94. The predicted molar refractivity (Wildman–Crippen MR) is 68.0 cm³/mol. The predicted octanol–water partition coefficient (Wildman–Crippen LogP) is 4.17. The van der Waals surface area contributed by atoms with E-state index in [9.17, 15) is 9.18 Å². The summed E-state index contributed by atoms with van der Waals surface area (Å²) in [5.74, 6) is -0.457. The Morgan fingerprint density at radius 3 is 2.76 bits per heavy atom. The Bertz CT molecular complexity index is 510. The highest BCUT2D eigenvalue weighted by atomic mass is 35.5. The highest BCUT2D eigenvalue weighted by molar-refractivity contribution is 7.10. The van der Waals surface area contributed by atoms with Crippen molar-refractivity contribution in [3.8, 4) is 0 Å². The molecule has 88 valence electrons. The SMILES string of the molecule is O=C(Cl)CC(c1cccc(F)c1)c1cccs1. The van der Waals surface area contributed by atoms with Gasteiger partial charge in [0, 0.05) is 17.2 Å². The van der Waals surface area contributed by atoms with Gasteiger partial charge in [-0.15, -0.1) is 11.3 Å². The van der Waals surface area contributed by atoms with Crippen LogP contribution in [0, 0.1) is 5.82 Å². The largest absolute Gasteiger partial charge is 0.281 e. The molecule has 4 heteroatoms. The van der Waals surface area contributed by atoms with E-state index in [1.165, 1.54) is 12.1 Å². The standard InChI is InChI=1S/C13H10ClFOS/c14-13(16)8-11(12-5-2-6-17-12)9-3-1-4-10(15)7-9/h1-7,11H,8H2. The van der Waals surface area contributed by atoms with Crippen LogP contribution in [0.4, 0.5) is 4.39 Å². The Morgan fingerprint density at radius 2 is 2.18 bits per heavy atom. The molecule has 1 aromatic carbocycles. The fourth-order valence-electron chi connectivity index (χ4n) is 1.76.